The van der Waals surface area contributed by atoms with E-state index in [1.165, 1.54) is 62.2 Å². The number of hydrogen-bond acceptors (Lipinski definition) is 6. The van der Waals surface area contributed by atoms with E-state index in [0.717, 1.165) is 74.0 Å². The van der Waals surface area contributed by atoms with E-state index in [-0.39, 0.29) is 5.82 Å². The van der Waals surface area contributed by atoms with E-state index >= 15 is 0 Å². The first kappa shape index (κ1) is 33.4. The number of hydrogen-bond donors (Lipinski definition) is 3. The Morgan fingerprint density at radius 2 is 1.10 bits per heavy atom. The van der Waals surface area contributed by atoms with Crippen LogP contribution in [0, 0.1) is 12.7 Å². The fourth-order valence-electron chi connectivity index (χ4n) is 6.95. The second kappa shape index (κ2) is 14.4. The van der Waals surface area contributed by atoms with Gasteiger partial charge in [-0.3, -0.25) is 14.0 Å². The molecule has 6 aromatic rings. The van der Waals surface area contributed by atoms with Crippen LogP contribution in [0.1, 0.15) is 69.9 Å². The molecule has 0 saturated heterocycles. The van der Waals surface area contributed by atoms with Crippen molar-refractivity contribution in [2.24, 2.45) is 7.05 Å². The maximum Gasteiger partial charge on any atom is 0.123 e. The summed E-state index contributed by atoms with van der Waals surface area (Å²) in [6.07, 6.45) is 8.42. The molecule has 0 radical (unpaired) electrons. The first-order valence-corrected chi connectivity index (χ1v) is 17.6. The lowest BCUT2D eigenvalue weighted by molar-refractivity contribution is 0.625. The van der Waals surface area contributed by atoms with Crippen LogP contribution in [0.4, 0.5) is 21.5 Å². The summed E-state index contributed by atoms with van der Waals surface area (Å²) in [5, 5.41) is 24.1. The largest absolute Gasteiger partial charge is 0.381 e. The van der Waals surface area contributed by atoms with E-state index in [4.69, 9.17) is 11.6 Å². The average Bonchev–Trinajstić information content (AvgIpc) is 3.66. The van der Waals surface area contributed by atoms with Crippen LogP contribution < -0.4 is 16.0 Å². The highest BCUT2D eigenvalue weighted by molar-refractivity contribution is 6.30. The lowest BCUT2D eigenvalue weighted by Gasteiger charge is -2.09. The summed E-state index contributed by atoms with van der Waals surface area (Å²) in [4.78, 5) is 0. The maximum atomic E-state index is 13.2. The summed E-state index contributed by atoms with van der Waals surface area (Å²) < 4.78 is 19.2. The summed E-state index contributed by atoms with van der Waals surface area (Å²) >= 11 is 6.05. The van der Waals surface area contributed by atoms with Gasteiger partial charge in [0.15, 0.2) is 0 Å². The van der Waals surface area contributed by atoms with Crippen molar-refractivity contribution in [2.75, 3.05) is 16.0 Å². The molecule has 0 spiro atoms. The number of aromatic nitrogens is 6. The van der Waals surface area contributed by atoms with Gasteiger partial charge in [-0.05, 0) is 79.9 Å². The van der Waals surface area contributed by atoms with Gasteiger partial charge >= 0.3 is 0 Å². The molecule has 0 aliphatic carbocycles. The van der Waals surface area contributed by atoms with Gasteiger partial charge < -0.3 is 16.0 Å². The van der Waals surface area contributed by atoms with Crippen LogP contribution in [-0.2, 0) is 59.0 Å². The Balaban J connectivity index is 0.000000118. The highest BCUT2D eigenvalue weighted by Gasteiger charge is 2.19. The standard InChI is InChI=1S/C14H17N3.C13H14ClN3.C12H12FN3/c1-3-17-14-7-11-6-10(2)4-5-13(11)15-8-12(14)9-16-17;1-2-17-13-6-9-5-11(14)3-4-12(9)15-7-10(13)8-16-17;1-16-12-5-8-4-10(13)2-3-11(8)14-6-9(12)7-15-16/h4-6,9,15H,3,7-8H2,1-2H3;3-5,8,15H,2,6-7H2,1H3;2-4,7,14H,5-6H2,1H3. The molecule has 3 aliphatic heterocycles. The summed E-state index contributed by atoms with van der Waals surface area (Å²) in [5.41, 5.74) is 15.9. The van der Waals surface area contributed by atoms with Gasteiger partial charge in [0.25, 0.3) is 0 Å². The van der Waals surface area contributed by atoms with Gasteiger partial charge in [-0.15, -0.1) is 0 Å². The van der Waals surface area contributed by atoms with Crippen LogP contribution in [0.5, 0.6) is 0 Å². The lowest BCUT2D eigenvalue weighted by atomic mass is 10.0. The molecule has 3 aromatic carbocycles. The Bertz CT molecular complexity index is 2040. The Morgan fingerprint density at radius 3 is 1.70 bits per heavy atom. The number of rotatable bonds is 2. The minimum atomic E-state index is -0.189. The maximum absolute atomic E-state index is 13.2. The third-order valence-electron chi connectivity index (χ3n) is 9.69. The number of fused-ring (bicyclic) bond motifs is 6. The topological polar surface area (TPSA) is 89.5 Å². The molecule has 0 unspecified atom stereocenters. The predicted molar refractivity (Wildman–Crippen MR) is 198 cm³/mol. The Labute approximate surface area is 297 Å². The molecule has 0 saturated carbocycles. The summed E-state index contributed by atoms with van der Waals surface area (Å²) in [6.45, 7) is 10.7. The molecule has 3 aromatic heterocycles. The van der Waals surface area contributed by atoms with Gasteiger partial charge in [-0.2, -0.15) is 15.3 Å². The zero-order chi connectivity index (χ0) is 34.8. The van der Waals surface area contributed by atoms with Gasteiger partial charge in [0.05, 0.1) is 18.6 Å². The number of aryl methyl sites for hydroxylation is 4. The molecule has 258 valence electrons. The molecule has 11 heteroatoms. The minimum absolute atomic E-state index is 0.189. The number of anilines is 3. The lowest BCUT2D eigenvalue weighted by Crippen LogP contribution is -2.04. The minimum Gasteiger partial charge on any atom is -0.381 e. The fraction of sp³-hybridized carbons (Fsp3) is 0.308. The monoisotopic (exact) mass is 691 g/mol. The van der Waals surface area contributed by atoms with Crippen molar-refractivity contribution in [3.8, 4) is 0 Å². The highest BCUT2D eigenvalue weighted by atomic mass is 35.5. The molecule has 9 rings (SSSR count). The van der Waals surface area contributed by atoms with Crippen LogP contribution >= 0.6 is 11.6 Å². The summed E-state index contributed by atoms with van der Waals surface area (Å²) in [7, 11) is 1.92. The van der Waals surface area contributed by atoms with Crippen molar-refractivity contribution >= 4 is 28.7 Å². The predicted octanol–water partition coefficient (Wildman–Crippen LogP) is 7.88. The van der Waals surface area contributed by atoms with Crippen LogP contribution in [0.2, 0.25) is 5.02 Å². The van der Waals surface area contributed by atoms with Crippen molar-refractivity contribution in [3.05, 3.63) is 140 Å². The van der Waals surface area contributed by atoms with Crippen LogP contribution in [0.3, 0.4) is 0 Å². The molecule has 0 atom stereocenters. The van der Waals surface area contributed by atoms with E-state index in [1.807, 2.05) is 48.5 Å². The smallest absolute Gasteiger partial charge is 0.123 e. The van der Waals surface area contributed by atoms with Crippen molar-refractivity contribution in [3.63, 3.8) is 0 Å². The van der Waals surface area contributed by atoms with Gasteiger partial charge in [0.1, 0.15) is 5.82 Å². The number of nitrogens with zero attached hydrogens (tertiary/aromatic N) is 6. The first-order chi connectivity index (χ1) is 24.3. The molecular formula is C39H43ClFN9. The Morgan fingerprint density at radius 1 is 0.620 bits per heavy atom. The van der Waals surface area contributed by atoms with Crippen molar-refractivity contribution in [1.29, 1.82) is 0 Å². The van der Waals surface area contributed by atoms with Gasteiger partial charge in [-0.25, -0.2) is 4.39 Å². The SMILES string of the molecule is CCn1ncc2c1Cc1cc(C)ccc1NC2.CCn1ncc2c1Cc1cc(Cl)ccc1NC2.Cn1ncc2c1Cc1cc(F)ccc1NC2. The third kappa shape index (κ3) is 6.98. The quantitative estimate of drug-likeness (QED) is 0.171. The zero-order valence-electron chi connectivity index (χ0n) is 29.0. The molecule has 3 aliphatic rings. The average molecular weight is 692 g/mol. The van der Waals surface area contributed by atoms with Crippen molar-refractivity contribution in [1.82, 2.24) is 29.3 Å². The van der Waals surface area contributed by atoms with Crippen LogP contribution in [0.15, 0.2) is 73.2 Å². The number of benzene rings is 3. The van der Waals surface area contributed by atoms with E-state index in [1.54, 1.807) is 12.1 Å². The van der Waals surface area contributed by atoms with Crippen molar-refractivity contribution in [2.45, 2.75) is 72.8 Å². The molecule has 9 nitrogen and oxygen atoms in total. The van der Waals surface area contributed by atoms with E-state index in [0.29, 0.717) is 0 Å². The molecule has 50 heavy (non-hydrogen) atoms. The van der Waals surface area contributed by atoms with E-state index in [9.17, 15) is 4.39 Å². The van der Waals surface area contributed by atoms with E-state index < -0.39 is 0 Å². The van der Waals surface area contributed by atoms with Crippen LogP contribution in [0.25, 0.3) is 0 Å². The molecule has 0 amide bonds. The molecule has 3 N–H and O–H groups in total. The first-order valence-electron chi connectivity index (χ1n) is 17.2. The van der Waals surface area contributed by atoms with Crippen LogP contribution in [-0.4, -0.2) is 29.3 Å². The molecule has 0 bridgehead atoms. The Hall–Kier alpha value is -5.09. The Kier molecular flexibility index (Phi) is 9.63. The summed E-state index contributed by atoms with van der Waals surface area (Å²) in [5.74, 6) is -0.189. The van der Waals surface area contributed by atoms with Gasteiger partial charge in [-0.1, -0.05) is 29.3 Å². The van der Waals surface area contributed by atoms with Gasteiger partial charge in [0, 0.05) is 115 Å². The van der Waals surface area contributed by atoms with E-state index in [2.05, 4.69) is 79.6 Å². The number of halogens is 2. The fourth-order valence-corrected chi connectivity index (χ4v) is 7.14. The summed E-state index contributed by atoms with van der Waals surface area (Å²) in [6, 6.07) is 17.5. The van der Waals surface area contributed by atoms with Crippen molar-refractivity contribution < 1.29 is 4.39 Å². The molecule has 6 heterocycles. The normalized spacial score (nSPS) is 13.6. The molecule has 0 fully saturated rings. The third-order valence-corrected chi connectivity index (χ3v) is 9.93. The van der Waals surface area contributed by atoms with Gasteiger partial charge in [0.2, 0.25) is 0 Å². The highest BCUT2D eigenvalue weighted by Crippen LogP contribution is 2.30. The molecular weight excluding hydrogens is 649 g/mol. The number of nitrogens with one attached hydrogen (secondary N) is 3. The second-order valence-electron chi connectivity index (χ2n) is 13.0. The second-order valence-corrected chi connectivity index (χ2v) is 13.4. The zero-order valence-corrected chi connectivity index (χ0v) is 29.8.